The number of para-hydroxylation sites is 1. The molecule has 0 saturated heterocycles. The standard InChI is InChI=1S/C22H25N3O2/c1-15-8-7-11-21(16(15)2)27-17(3)22(26)24-14-19-9-5-6-10-20(19)25-13-12-23-18(25)4/h5-13,17H,14H2,1-4H3,(H,24,26)/t17-/m1/s1. The normalized spacial score (nSPS) is 11.9. The molecule has 0 radical (unpaired) electrons. The van der Waals surface area contributed by atoms with E-state index in [9.17, 15) is 4.79 Å². The van der Waals surface area contributed by atoms with Gasteiger partial charge in [0.05, 0.1) is 5.69 Å². The molecule has 0 unspecified atom stereocenters. The van der Waals surface area contributed by atoms with Crippen molar-refractivity contribution >= 4 is 5.91 Å². The zero-order valence-electron chi connectivity index (χ0n) is 16.2. The predicted octanol–water partition coefficient (Wildman–Crippen LogP) is 3.88. The Hall–Kier alpha value is -3.08. The number of nitrogens with one attached hydrogen (secondary N) is 1. The number of carbonyl (C=O) groups excluding carboxylic acids is 1. The number of ether oxygens (including phenoxy) is 1. The van der Waals surface area contributed by atoms with Gasteiger partial charge in [0, 0.05) is 18.9 Å². The van der Waals surface area contributed by atoms with Crippen LogP contribution in [0.3, 0.4) is 0 Å². The first-order valence-electron chi connectivity index (χ1n) is 9.06. The highest BCUT2D eigenvalue weighted by atomic mass is 16.5. The van der Waals surface area contributed by atoms with Crippen molar-refractivity contribution in [2.24, 2.45) is 0 Å². The van der Waals surface area contributed by atoms with Gasteiger partial charge in [-0.15, -0.1) is 0 Å². The summed E-state index contributed by atoms with van der Waals surface area (Å²) in [7, 11) is 0. The van der Waals surface area contributed by atoms with Gasteiger partial charge in [0.2, 0.25) is 0 Å². The monoisotopic (exact) mass is 363 g/mol. The van der Waals surface area contributed by atoms with Crippen molar-refractivity contribution in [3.05, 3.63) is 77.4 Å². The van der Waals surface area contributed by atoms with Crippen molar-refractivity contribution in [3.63, 3.8) is 0 Å². The molecule has 1 heterocycles. The third kappa shape index (κ3) is 4.19. The van der Waals surface area contributed by atoms with E-state index in [1.54, 1.807) is 13.1 Å². The molecule has 0 aliphatic heterocycles. The molecule has 1 aromatic heterocycles. The summed E-state index contributed by atoms with van der Waals surface area (Å²) in [6.45, 7) is 8.17. The van der Waals surface area contributed by atoms with E-state index in [0.29, 0.717) is 6.54 Å². The maximum atomic E-state index is 12.5. The molecule has 27 heavy (non-hydrogen) atoms. The molecule has 0 aliphatic rings. The quantitative estimate of drug-likeness (QED) is 0.723. The third-order valence-electron chi connectivity index (χ3n) is 4.76. The molecular formula is C22H25N3O2. The number of aryl methyl sites for hydroxylation is 2. The maximum Gasteiger partial charge on any atom is 0.261 e. The lowest BCUT2D eigenvalue weighted by molar-refractivity contribution is -0.127. The molecule has 1 N–H and O–H groups in total. The third-order valence-corrected chi connectivity index (χ3v) is 4.76. The molecule has 3 rings (SSSR count). The zero-order valence-corrected chi connectivity index (χ0v) is 16.2. The lowest BCUT2D eigenvalue weighted by Gasteiger charge is -2.18. The number of amides is 1. The van der Waals surface area contributed by atoms with Crippen molar-refractivity contribution < 1.29 is 9.53 Å². The SMILES string of the molecule is Cc1cccc(O[C@H](C)C(=O)NCc2ccccc2-n2ccnc2C)c1C. The van der Waals surface area contributed by atoms with E-state index in [4.69, 9.17) is 4.74 Å². The topological polar surface area (TPSA) is 56.1 Å². The van der Waals surface area contributed by atoms with Crippen LogP contribution in [0, 0.1) is 20.8 Å². The van der Waals surface area contributed by atoms with Gasteiger partial charge in [-0.1, -0.05) is 30.3 Å². The molecule has 0 saturated carbocycles. The average molecular weight is 363 g/mol. The second kappa shape index (κ2) is 8.08. The van der Waals surface area contributed by atoms with Gasteiger partial charge in [0.15, 0.2) is 6.10 Å². The Labute approximate surface area is 160 Å². The van der Waals surface area contributed by atoms with Crippen molar-refractivity contribution in [3.8, 4) is 11.4 Å². The van der Waals surface area contributed by atoms with Crippen LogP contribution in [0.5, 0.6) is 5.75 Å². The van der Waals surface area contributed by atoms with Crippen LogP contribution in [0.25, 0.3) is 5.69 Å². The van der Waals surface area contributed by atoms with E-state index in [-0.39, 0.29) is 5.91 Å². The Bertz CT molecular complexity index is 946. The van der Waals surface area contributed by atoms with Crippen molar-refractivity contribution in [1.82, 2.24) is 14.9 Å². The van der Waals surface area contributed by atoms with E-state index in [1.165, 1.54) is 0 Å². The van der Waals surface area contributed by atoms with Crippen LogP contribution >= 0.6 is 0 Å². The van der Waals surface area contributed by atoms with Gasteiger partial charge in [0.1, 0.15) is 11.6 Å². The van der Waals surface area contributed by atoms with Gasteiger partial charge in [0.25, 0.3) is 5.91 Å². The van der Waals surface area contributed by atoms with Crippen LogP contribution < -0.4 is 10.1 Å². The highest BCUT2D eigenvalue weighted by Gasteiger charge is 2.16. The fraction of sp³-hybridized carbons (Fsp3) is 0.273. The minimum atomic E-state index is -0.576. The summed E-state index contributed by atoms with van der Waals surface area (Å²) in [5.74, 6) is 1.50. The Balaban J connectivity index is 1.68. The van der Waals surface area contributed by atoms with Gasteiger partial charge in [-0.3, -0.25) is 4.79 Å². The van der Waals surface area contributed by atoms with Gasteiger partial charge < -0.3 is 14.6 Å². The number of benzene rings is 2. The average Bonchev–Trinajstić information content (AvgIpc) is 3.09. The summed E-state index contributed by atoms with van der Waals surface area (Å²) >= 11 is 0. The first-order valence-corrected chi connectivity index (χ1v) is 9.06. The Morgan fingerprint density at radius 3 is 2.67 bits per heavy atom. The summed E-state index contributed by atoms with van der Waals surface area (Å²) in [6.07, 6.45) is 3.11. The van der Waals surface area contributed by atoms with Gasteiger partial charge in [-0.2, -0.15) is 0 Å². The number of rotatable bonds is 6. The van der Waals surface area contributed by atoms with E-state index in [0.717, 1.165) is 34.0 Å². The first-order chi connectivity index (χ1) is 13.0. The highest BCUT2D eigenvalue weighted by Crippen LogP contribution is 2.22. The smallest absolute Gasteiger partial charge is 0.261 e. The largest absolute Gasteiger partial charge is 0.481 e. The van der Waals surface area contributed by atoms with Crippen LogP contribution in [0.1, 0.15) is 29.4 Å². The molecule has 1 amide bonds. The molecule has 0 fully saturated rings. The number of nitrogens with zero attached hydrogens (tertiary/aromatic N) is 2. The van der Waals surface area contributed by atoms with E-state index in [1.807, 2.05) is 74.0 Å². The second-order valence-electron chi connectivity index (χ2n) is 6.65. The van der Waals surface area contributed by atoms with Crippen LogP contribution in [-0.4, -0.2) is 21.6 Å². The number of aromatic nitrogens is 2. The Morgan fingerprint density at radius 2 is 1.93 bits per heavy atom. The minimum absolute atomic E-state index is 0.145. The number of carbonyl (C=O) groups is 1. The van der Waals surface area contributed by atoms with Crippen LogP contribution in [0.4, 0.5) is 0 Å². The zero-order chi connectivity index (χ0) is 19.4. The Kier molecular flexibility index (Phi) is 5.60. The Morgan fingerprint density at radius 1 is 1.15 bits per heavy atom. The van der Waals surface area contributed by atoms with E-state index < -0.39 is 6.10 Å². The van der Waals surface area contributed by atoms with Crippen LogP contribution in [0.2, 0.25) is 0 Å². The molecule has 2 aromatic carbocycles. The summed E-state index contributed by atoms with van der Waals surface area (Å²) in [5, 5.41) is 2.98. The van der Waals surface area contributed by atoms with Crippen molar-refractivity contribution in [1.29, 1.82) is 0 Å². The molecular weight excluding hydrogens is 338 g/mol. The fourth-order valence-corrected chi connectivity index (χ4v) is 2.95. The molecule has 5 heteroatoms. The summed E-state index contributed by atoms with van der Waals surface area (Å²) in [4.78, 5) is 16.8. The fourth-order valence-electron chi connectivity index (χ4n) is 2.95. The summed E-state index contributed by atoms with van der Waals surface area (Å²) < 4.78 is 7.88. The summed E-state index contributed by atoms with van der Waals surface area (Å²) in [6, 6.07) is 13.8. The number of imidazole rings is 1. The summed E-state index contributed by atoms with van der Waals surface area (Å²) in [5.41, 5.74) is 4.23. The molecule has 5 nitrogen and oxygen atoms in total. The number of hydrogen-bond donors (Lipinski definition) is 1. The van der Waals surface area contributed by atoms with Gasteiger partial charge in [-0.05, 0) is 56.5 Å². The molecule has 1 atom stereocenters. The van der Waals surface area contributed by atoms with Crippen molar-refractivity contribution in [2.75, 3.05) is 0 Å². The first kappa shape index (κ1) is 18.7. The van der Waals surface area contributed by atoms with Crippen molar-refractivity contribution in [2.45, 2.75) is 40.3 Å². The molecule has 0 aliphatic carbocycles. The highest BCUT2D eigenvalue weighted by molar-refractivity contribution is 5.80. The number of hydrogen-bond acceptors (Lipinski definition) is 3. The lowest BCUT2D eigenvalue weighted by Crippen LogP contribution is -2.36. The molecule has 0 bridgehead atoms. The van der Waals surface area contributed by atoms with Crippen LogP contribution in [0.15, 0.2) is 54.9 Å². The van der Waals surface area contributed by atoms with E-state index in [2.05, 4.69) is 10.3 Å². The minimum Gasteiger partial charge on any atom is -0.481 e. The predicted molar refractivity (Wildman–Crippen MR) is 106 cm³/mol. The molecule has 140 valence electrons. The molecule has 3 aromatic rings. The lowest BCUT2D eigenvalue weighted by atomic mass is 10.1. The van der Waals surface area contributed by atoms with Gasteiger partial charge >= 0.3 is 0 Å². The van der Waals surface area contributed by atoms with Gasteiger partial charge in [-0.25, -0.2) is 4.98 Å². The van der Waals surface area contributed by atoms with E-state index >= 15 is 0 Å². The maximum absolute atomic E-state index is 12.5. The second-order valence-corrected chi connectivity index (χ2v) is 6.65. The molecule has 0 spiro atoms. The van der Waals surface area contributed by atoms with Crippen LogP contribution in [-0.2, 0) is 11.3 Å².